The van der Waals surface area contributed by atoms with E-state index in [1.807, 2.05) is 25.1 Å². The Balaban J connectivity index is 1.93. The number of benzene rings is 1. The van der Waals surface area contributed by atoms with Crippen LogP contribution in [-0.4, -0.2) is 31.7 Å². The van der Waals surface area contributed by atoms with Gasteiger partial charge in [0.2, 0.25) is 0 Å². The SMILES string of the molecule is CCNCc1ccc(OCC(=O)NC2CC2)c(OCC)c1. The van der Waals surface area contributed by atoms with Crippen molar-refractivity contribution >= 4 is 5.91 Å². The van der Waals surface area contributed by atoms with Gasteiger partial charge in [0.25, 0.3) is 5.91 Å². The highest BCUT2D eigenvalue weighted by atomic mass is 16.5. The molecule has 5 nitrogen and oxygen atoms in total. The fraction of sp³-hybridized carbons (Fsp3) is 0.562. The number of nitrogens with one attached hydrogen (secondary N) is 2. The topological polar surface area (TPSA) is 59.6 Å². The van der Waals surface area contributed by atoms with E-state index < -0.39 is 0 Å². The second kappa shape index (κ2) is 7.88. The molecule has 21 heavy (non-hydrogen) atoms. The van der Waals surface area contributed by atoms with Gasteiger partial charge in [-0.3, -0.25) is 4.79 Å². The van der Waals surface area contributed by atoms with Crippen LogP contribution in [0.3, 0.4) is 0 Å². The minimum atomic E-state index is -0.0725. The third kappa shape index (κ3) is 5.27. The van der Waals surface area contributed by atoms with Gasteiger partial charge < -0.3 is 20.1 Å². The third-order valence-corrected chi connectivity index (χ3v) is 3.19. The highest BCUT2D eigenvalue weighted by Gasteiger charge is 2.23. The number of hydrogen-bond acceptors (Lipinski definition) is 4. The molecule has 2 N–H and O–H groups in total. The Morgan fingerprint density at radius 2 is 2.05 bits per heavy atom. The lowest BCUT2D eigenvalue weighted by Crippen LogP contribution is -2.30. The molecule has 0 bridgehead atoms. The normalized spacial score (nSPS) is 13.8. The van der Waals surface area contributed by atoms with E-state index in [4.69, 9.17) is 9.47 Å². The molecule has 1 saturated carbocycles. The van der Waals surface area contributed by atoms with Crippen molar-refractivity contribution in [3.63, 3.8) is 0 Å². The minimum Gasteiger partial charge on any atom is -0.490 e. The molecule has 0 saturated heterocycles. The van der Waals surface area contributed by atoms with Gasteiger partial charge in [0.05, 0.1) is 6.61 Å². The summed E-state index contributed by atoms with van der Waals surface area (Å²) in [4.78, 5) is 11.7. The van der Waals surface area contributed by atoms with E-state index >= 15 is 0 Å². The van der Waals surface area contributed by atoms with E-state index in [9.17, 15) is 4.79 Å². The van der Waals surface area contributed by atoms with Crippen LogP contribution in [0.4, 0.5) is 0 Å². The summed E-state index contributed by atoms with van der Waals surface area (Å²) >= 11 is 0. The van der Waals surface area contributed by atoms with E-state index in [1.165, 1.54) is 0 Å². The number of rotatable bonds is 9. The minimum absolute atomic E-state index is 0.0309. The van der Waals surface area contributed by atoms with Gasteiger partial charge in [-0.15, -0.1) is 0 Å². The molecule has 1 aliphatic carbocycles. The first kappa shape index (κ1) is 15.6. The number of carbonyl (C=O) groups is 1. The predicted molar refractivity (Wildman–Crippen MR) is 81.7 cm³/mol. The molecule has 1 aromatic rings. The Morgan fingerprint density at radius 3 is 2.71 bits per heavy atom. The second-order valence-corrected chi connectivity index (χ2v) is 5.12. The van der Waals surface area contributed by atoms with Gasteiger partial charge in [0.1, 0.15) is 0 Å². The van der Waals surface area contributed by atoms with Crippen molar-refractivity contribution in [2.24, 2.45) is 0 Å². The lowest BCUT2D eigenvalue weighted by molar-refractivity contribution is -0.123. The zero-order valence-electron chi connectivity index (χ0n) is 12.8. The number of carbonyl (C=O) groups excluding carboxylic acids is 1. The number of ether oxygens (including phenoxy) is 2. The van der Waals surface area contributed by atoms with Crippen molar-refractivity contribution in [2.45, 2.75) is 39.3 Å². The molecule has 1 aliphatic rings. The Hall–Kier alpha value is -1.75. The summed E-state index contributed by atoms with van der Waals surface area (Å²) in [5.74, 6) is 1.23. The quantitative estimate of drug-likeness (QED) is 0.729. The van der Waals surface area contributed by atoms with Crippen molar-refractivity contribution in [2.75, 3.05) is 19.8 Å². The maximum absolute atomic E-state index is 11.7. The molecular weight excluding hydrogens is 268 g/mol. The van der Waals surface area contributed by atoms with Crippen molar-refractivity contribution in [1.29, 1.82) is 0 Å². The fourth-order valence-corrected chi connectivity index (χ4v) is 1.96. The maximum Gasteiger partial charge on any atom is 0.258 e. The average Bonchev–Trinajstić information content (AvgIpc) is 3.28. The second-order valence-electron chi connectivity index (χ2n) is 5.12. The summed E-state index contributed by atoms with van der Waals surface area (Å²) in [7, 11) is 0. The molecule has 0 aromatic heterocycles. The molecule has 0 spiro atoms. The standard InChI is InChI=1S/C16H24N2O3/c1-3-17-10-12-5-8-14(15(9-12)20-4-2)21-11-16(19)18-13-6-7-13/h5,8-9,13,17H,3-4,6-7,10-11H2,1-2H3,(H,18,19). The largest absolute Gasteiger partial charge is 0.490 e. The van der Waals surface area contributed by atoms with E-state index in [1.54, 1.807) is 0 Å². The molecule has 1 fully saturated rings. The molecule has 1 aromatic carbocycles. The van der Waals surface area contributed by atoms with Gasteiger partial charge in [-0.25, -0.2) is 0 Å². The number of hydrogen-bond donors (Lipinski definition) is 2. The molecule has 2 rings (SSSR count). The van der Waals surface area contributed by atoms with Crippen molar-refractivity contribution in [1.82, 2.24) is 10.6 Å². The summed E-state index contributed by atoms with van der Waals surface area (Å²) in [5.41, 5.74) is 1.13. The average molecular weight is 292 g/mol. The van der Waals surface area contributed by atoms with E-state index in [0.29, 0.717) is 24.1 Å². The molecule has 0 aliphatic heterocycles. The van der Waals surface area contributed by atoms with Gasteiger partial charge in [0.15, 0.2) is 18.1 Å². The van der Waals surface area contributed by atoms with Gasteiger partial charge >= 0.3 is 0 Å². The predicted octanol–water partition coefficient (Wildman–Crippen LogP) is 1.85. The zero-order valence-corrected chi connectivity index (χ0v) is 12.8. The Bertz CT molecular complexity index is 473. The van der Waals surface area contributed by atoms with Crippen LogP contribution < -0.4 is 20.1 Å². The zero-order chi connectivity index (χ0) is 15.1. The smallest absolute Gasteiger partial charge is 0.258 e. The Kier molecular flexibility index (Phi) is 5.87. The van der Waals surface area contributed by atoms with Crippen LogP contribution in [0, 0.1) is 0 Å². The van der Waals surface area contributed by atoms with E-state index in [2.05, 4.69) is 17.6 Å². The summed E-state index contributed by atoms with van der Waals surface area (Å²) in [6.45, 7) is 6.31. The van der Waals surface area contributed by atoms with Crippen LogP contribution in [0.1, 0.15) is 32.3 Å². The summed E-state index contributed by atoms with van der Waals surface area (Å²) in [6.07, 6.45) is 2.16. The van der Waals surface area contributed by atoms with Gasteiger partial charge in [0, 0.05) is 12.6 Å². The first-order chi connectivity index (χ1) is 10.2. The van der Waals surface area contributed by atoms with Crippen LogP contribution in [-0.2, 0) is 11.3 Å². The molecule has 0 atom stereocenters. The number of amides is 1. The third-order valence-electron chi connectivity index (χ3n) is 3.19. The van der Waals surface area contributed by atoms with Crippen LogP contribution in [0.5, 0.6) is 11.5 Å². The molecule has 0 heterocycles. The molecule has 0 unspecified atom stereocenters. The Labute approximate surface area is 126 Å². The van der Waals surface area contributed by atoms with E-state index in [-0.39, 0.29) is 12.5 Å². The van der Waals surface area contributed by atoms with E-state index in [0.717, 1.165) is 31.5 Å². The summed E-state index contributed by atoms with van der Waals surface area (Å²) in [5, 5.41) is 6.17. The molecular formula is C16H24N2O3. The van der Waals surface area contributed by atoms with Crippen molar-refractivity contribution in [3.8, 4) is 11.5 Å². The van der Waals surface area contributed by atoms with Crippen LogP contribution in [0.2, 0.25) is 0 Å². The molecule has 1 amide bonds. The van der Waals surface area contributed by atoms with Gasteiger partial charge in [-0.2, -0.15) is 0 Å². The summed E-state index contributed by atoms with van der Waals surface area (Å²) < 4.78 is 11.2. The van der Waals surface area contributed by atoms with Crippen LogP contribution in [0.25, 0.3) is 0 Å². The monoisotopic (exact) mass is 292 g/mol. The fourth-order valence-electron chi connectivity index (χ4n) is 1.96. The highest BCUT2D eigenvalue weighted by Crippen LogP contribution is 2.28. The molecule has 0 radical (unpaired) electrons. The molecule has 5 heteroatoms. The van der Waals surface area contributed by atoms with Crippen molar-refractivity contribution in [3.05, 3.63) is 23.8 Å². The van der Waals surface area contributed by atoms with Gasteiger partial charge in [-0.1, -0.05) is 13.0 Å². The lowest BCUT2D eigenvalue weighted by atomic mass is 10.2. The first-order valence-electron chi connectivity index (χ1n) is 7.61. The molecule has 116 valence electrons. The highest BCUT2D eigenvalue weighted by molar-refractivity contribution is 5.78. The first-order valence-corrected chi connectivity index (χ1v) is 7.61. The maximum atomic E-state index is 11.7. The Morgan fingerprint density at radius 1 is 1.24 bits per heavy atom. The summed E-state index contributed by atoms with van der Waals surface area (Å²) in [6, 6.07) is 6.16. The van der Waals surface area contributed by atoms with Crippen LogP contribution >= 0.6 is 0 Å². The van der Waals surface area contributed by atoms with Gasteiger partial charge in [-0.05, 0) is 44.0 Å². The van der Waals surface area contributed by atoms with Crippen LogP contribution in [0.15, 0.2) is 18.2 Å². The lowest BCUT2D eigenvalue weighted by Gasteiger charge is -2.13. The van der Waals surface area contributed by atoms with Crippen molar-refractivity contribution < 1.29 is 14.3 Å².